The largest absolute Gasteiger partial charge is 0.398 e. The molecule has 0 radical (unpaired) electrons. The average Bonchev–Trinajstić information content (AvgIpc) is 2.92. The minimum absolute atomic E-state index is 0.205. The normalized spacial score (nSPS) is 15.4. The van der Waals surface area contributed by atoms with Crippen LogP contribution in [0.15, 0.2) is 30.9 Å². The van der Waals surface area contributed by atoms with Gasteiger partial charge in [0.15, 0.2) is 0 Å². The van der Waals surface area contributed by atoms with Crippen molar-refractivity contribution in [3.8, 4) is 0 Å². The molecule has 0 aromatic heterocycles. The second-order valence-electron chi connectivity index (χ2n) is 4.92. The predicted molar refractivity (Wildman–Crippen MR) is 74.3 cm³/mol. The molecule has 19 heavy (non-hydrogen) atoms. The van der Waals surface area contributed by atoms with Crippen LogP contribution in [0.3, 0.4) is 0 Å². The van der Waals surface area contributed by atoms with Crippen LogP contribution in [0.2, 0.25) is 0 Å². The van der Waals surface area contributed by atoms with Crippen LogP contribution in [0.1, 0.15) is 36.0 Å². The molecule has 1 aromatic rings. The van der Waals surface area contributed by atoms with Gasteiger partial charge in [0.2, 0.25) is 0 Å². The molecule has 2 N–H and O–H groups in total. The van der Waals surface area contributed by atoms with Crippen LogP contribution in [0.5, 0.6) is 0 Å². The Balaban J connectivity index is 2.27. The summed E-state index contributed by atoms with van der Waals surface area (Å²) in [6.45, 7) is 4.16. The number of benzene rings is 1. The molecule has 1 aliphatic carbocycles. The van der Waals surface area contributed by atoms with Crippen molar-refractivity contribution >= 4 is 11.6 Å². The maximum Gasteiger partial charge on any atom is 0.256 e. The summed E-state index contributed by atoms with van der Waals surface area (Å²) in [5.41, 5.74) is 6.35. The van der Waals surface area contributed by atoms with Crippen molar-refractivity contribution in [2.75, 3.05) is 12.3 Å². The molecule has 2 rings (SSSR count). The van der Waals surface area contributed by atoms with Crippen LogP contribution in [0, 0.1) is 5.82 Å². The lowest BCUT2D eigenvalue weighted by molar-refractivity contribution is 0.0707. The van der Waals surface area contributed by atoms with Gasteiger partial charge in [0.05, 0.1) is 5.56 Å². The van der Waals surface area contributed by atoms with Crippen molar-refractivity contribution in [1.29, 1.82) is 0 Å². The van der Waals surface area contributed by atoms with Gasteiger partial charge >= 0.3 is 0 Å². The number of nitrogens with zero attached hydrogens (tertiary/aromatic N) is 1. The summed E-state index contributed by atoms with van der Waals surface area (Å²) < 4.78 is 13.3. The zero-order chi connectivity index (χ0) is 13.8. The quantitative estimate of drug-likeness (QED) is 0.669. The molecule has 1 fully saturated rings. The minimum Gasteiger partial charge on any atom is -0.398 e. The molecule has 0 bridgehead atoms. The van der Waals surface area contributed by atoms with Crippen molar-refractivity contribution < 1.29 is 9.18 Å². The van der Waals surface area contributed by atoms with Crippen LogP contribution in [-0.2, 0) is 0 Å². The van der Waals surface area contributed by atoms with Gasteiger partial charge in [0.1, 0.15) is 5.82 Å². The van der Waals surface area contributed by atoms with Crippen molar-refractivity contribution in [2.24, 2.45) is 0 Å². The molecule has 0 spiro atoms. The summed E-state index contributed by atoms with van der Waals surface area (Å²) in [6.07, 6.45) is 5.95. The summed E-state index contributed by atoms with van der Waals surface area (Å²) in [5, 5.41) is 0. The maximum atomic E-state index is 13.3. The van der Waals surface area contributed by atoms with E-state index < -0.39 is 5.82 Å². The summed E-state index contributed by atoms with van der Waals surface area (Å²) in [5.74, 6) is -0.647. The zero-order valence-electron chi connectivity index (χ0n) is 10.9. The third kappa shape index (κ3) is 2.95. The van der Waals surface area contributed by atoms with Crippen LogP contribution < -0.4 is 5.73 Å². The number of amides is 1. The van der Waals surface area contributed by atoms with Gasteiger partial charge < -0.3 is 10.6 Å². The fraction of sp³-hybridized carbons (Fsp3) is 0.400. The van der Waals surface area contributed by atoms with Gasteiger partial charge in [-0.25, -0.2) is 4.39 Å². The molecule has 0 aliphatic heterocycles. The second-order valence-corrected chi connectivity index (χ2v) is 4.92. The highest BCUT2D eigenvalue weighted by Crippen LogP contribution is 2.26. The number of hydrogen-bond acceptors (Lipinski definition) is 2. The Morgan fingerprint density at radius 3 is 2.79 bits per heavy atom. The van der Waals surface area contributed by atoms with Crippen LogP contribution in [0.4, 0.5) is 10.1 Å². The lowest BCUT2D eigenvalue weighted by atomic mass is 10.1. The smallest absolute Gasteiger partial charge is 0.256 e. The van der Waals surface area contributed by atoms with Gasteiger partial charge in [0.25, 0.3) is 5.91 Å². The standard InChI is InChI=1S/C15H19FN2O/c1-2-9-18(12-5-3-4-6-12)15(19)13-10-11(16)7-8-14(13)17/h2,7-8,10,12H,1,3-6,9,17H2. The fourth-order valence-corrected chi connectivity index (χ4v) is 2.62. The molecule has 102 valence electrons. The van der Waals surface area contributed by atoms with Crippen molar-refractivity contribution in [3.05, 3.63) is 42.2 Å². The monoisotopic (exact) mass is 262 g/mol. The van der Waals surface area contributed by atoms with Gasteiger partial charge in [-0.3, -0.25) is 4.79 Å². The number of rotatable bonds is 4. The lowest BCUT2D eigenvalue weighted by Gasteiger charge is -2.28. The Labute approximate surface area is 112 Å². The third-order valence-electron chi connectivity index (χ3n) is 3.60. The SMILES string of the molecule is C=CCN(C(=O)c1cc(F)ccc1N)C1CCCC1. The number of hydrogen-bond donors (Lipinski definition) is 1. The van der Waals surface area contributed by atoms with E-state index >= 15 is 0 Å². The maximum absolute atomic E-state index is 13.3. The van der Waals surface area contributed by atoms with E-state index in [-0.39, 0.29) is 17.5 Å². The Bertz CT molecular complexity index is 481. The average molecular weight is 262 g/mol. The molecule has 0 saturated heterocycles. The molecule has 1 aliphatic rings. The number of carbonyl (C=O) groups is 1. The molecular weight excluding hydrogens is 243 g/mol. The molecule has 4 heteroatoms. The third-order valence-corrected chi connectivity index (χ3v) is 3.60. The first-order chi connectivity index (χ1) is 9.13. The molecule has 0 unspecified atom stereocenters. The lowest BCUT2D eigenvalue weighted by Crippen LogP contribution is -2.39. The Kier molecular flexibility index (Phi) is 4.20. The summed E-state index contributed by atoms with van der Waals surface area (Å²) in [7, 11) is 0. The van der Waals surface area contributed by atoms with Crippen LogP contribution in [-0.4, -0.2) is 23.4 Å². The number of carbonyl (C=O) groups excluding carboxylic acids is 1. The molecule has 1 amide bonds. The van der Waals surface area contributed by atoms with Crippen molar-refractivity contribution in [2.45, 2.75) is 31.7 Å². The predicted octanol–water partition coefficient (Wildman–Crippen LogP) is 2.98. The van der Waals surface area contributed by atoms with E-state index in [0.29, 0.717) is 12.2 Å². The summed E-state index contributed by atoms with van der Waals surface area (Å²) >= 11 is 0. The minimum atomic E-state index is -0.442. The second kappa shape index (κ2) is 5.87. The number of halogens is 1. The van der Waals surface area contributed by atoms with Gasteiger partial charge in [-0.05, 0) is 31.0 Å². The number of nitrogens with two attached hydrogens (primary N) is 1. The van der Waals surface area contributed by atoms with Crippen molar-refractivity contribution in [3.63, 3.8) is 0 Å². The highest BCUT2D eigenvalue weighted by Gasteiger charge is 2.27. The molecule has 1 aromatic carbocycles. The molecular formula is C15H19FN2O. The van der Waals surface area contributed by atoms with Crippen LogP contribution >= 0.6 is 0 Å². The molecule has 0 atom stereocenters. The molecule has 0 heterocycles. The van der Waals surface area contributed by atoms with E-state index in [0.717, 1.165) is 25.7 Å². The van der Waals surface area contributed by atoms with Crippen LogP contribution in [0.25, 0.3) is 0 Å². The fourth-order valence-electron chi connectivity index (χ4n) is 2.62. The number of nitrogen functional groups attached to an aromatic ring is 1. The molecule has 1 saturated carbocycles. The van der Waals surface area contributed by atoms with Gasteiger partial charge in [-0.2, -0.15) is 0 Å². The van der Waals surface area contributed by atoms with Gasteiger partial charge in [-0.1, -0.05) is 18.9 Å². The van der Waals surface area contributed by atoms with Gasteiger partial charge in [-0.15, -0.1) is 6.58 Å². The summed E-state index contributed by atoms with van der Waals surface area (Å²) in [4.78, 5) is 14.3. The first kappa shape index (κ1) is 13.6. The Morgan fingerprint density at radius 1 is 1.47 bits per heavy atom. The van der Waals surface area contributed by atoms with Gasteiger partial charge in [0, 0.05) is 18.3 Å². The van der Waals surface area contributed by atoms with E-state index in [4.69, 9.17) is 5.73 Å². The first-order valence-electron chi connectivity index (χ1n) is 6.60. The van der Waals surface area contributed by atoms with E-state index in [2.05, 4.69) is 6.58 Å². The highest BCUT2D eigenvalue weighted by molar-refractivity contribution is 5.99. The van der Waals surface area contributed by atoms with Crippen molar-refractivity contribution in [1.82, 2.24) is 4.90 Å². The Hall–Kier alpha value is -1.84. The van der Waals surface area contributed by atoms with E-state index in [1.165, 1.54) is 18.2 Å². The van der Waals surface area contributed by atoms with E-state index in [1.54, 1.807) is 11.0 Å². The Morgan fingerprint density at radius 2 is 2.16 bits per heavy atom. The topological polar surface area (TPSA) is 46.3 Å². The summed E-state index contributed by atoms with van der Waals surface area (Å²) in [6, 6.07) is 4.12. The van der Waals surface area contributed by atoms with E-state index in [1.807, 2.05) is 0 Å². The highest BCUT2D eigenvalue weighted by atomic mass is 19.1. The zero-order valence-corrected chi connectivity index (χ0v) is 10.9. The first-order valence-corrected chi connectivity index (χ1v) is 6.60. The van der Waals surface area contributed by atoms with E-state index in [9.17, 15) is 9.18 Å². The molecule has 3 nitrogen and oxygen atoms in total. The number of anilines is 1.